The monoisotopic (exact) mass is 403 g/mol. The van der Waals surface area contributed by atoms with E-state index in [1.807, 2.05) is 18.2 Å². The summed E-state index contributed by atoms with van der Waals surface area (Å²) < 4.78 is 1.22. The average molecular weight is 404 g/mol. The fourth-order valence-corrected chi connectivity index (χ4v) is 4.39. The third-order valence-electron chi connectivity index (χ3n) is 4.69. The number of hydrogen-bond acceptors (Lipinski definition) is 4. The number of carbonyl (C=O) groups is 1. The molecule has 1 amide bonds. The fraction of sp³-hybridized carbons (Fsp3) is 0.556. The van der Waals surface area contributed by atoms with Gasteiger partial charge in [-0.05, 0) is 50.3 Å². The lowest BCUT2D eigenvalue weighted by Crippen LogP contribution is -2.44. The van der Waals surface area contributed by atoms with Gasteiger partial charge in [-0.1, -0.05) is 25.0 Å². The van der Waals surface area contributed by atoms with Crippen LogP contribution in [0.5, 0.6) is 0 Å². The number of halogens is 2. The van der Waals surface area contributed by atoms with Crippen molar-refractivity contribution in [2.75, 3.05) is 6.54 Å². The highest BCUT2D eigenvalue weighted by atomic mass is 35.5. The molecule has 4 nitrogen and oxygen atoms in total. The van der Waals surface area contributed by atoms with E-state index in [1.165, 1.54) is 17.5 Å². The summed E-state index contributed by atoms with van der Waals surface area (Å²) in [5, 5.41) is 4.32. The molecule has 140 valence electrons. The Morgan fingerprint density at radius 2 is 2.00 bits per heavy atom. The number of aromatic nitrogens is 1. The zero-order chi connectivity index (χ0) is 16.1. The number of hydrogen-bond donors (Lipinski definition) is 2. The first-order valence-electron chi connectivity index (χ1n) is 8.60. The van der Waals surface area contributed by atoms with Gasteiger partial charge in [0.05, 0.1) is 15.2 Å². The number of nitrogens with one attached hydrogen (secondary N) is 1. The van der Waals surface area contributed by atoms with Crippen LogP contribution in [0.25, 0.3) is 10.2 Å². The number of thiazole rings is 1. The highest BCUT2D eigenvalue weighted by molar-refractivity contribution is 7.18. The number of carbonyl (C=O) groups excluding carboxylic acids is 1. The van der Waals surface area contributed by atoms with Gasteiger partial charge in [0.25, 0.3) is 0 Å². The van der Waals surface area contributed by atoms with Gasteiger partial charge in [0.2, 0.25) is 5.91 Å². The Labute approximate surface area is 165 Å². The molecule has 1 saturated carbocycles. The molecule has 2 aromatic rings. The highest BCUT2D eigenvalue weighted by Gasteiger charge is 2.24. The second-order valence-electron chi connectivity index (χ2n) is 6.38. The van der Waals surface area contributed by atoms with Crippen LogP contribution in [0.3, 0.4) is 0 Å². The van der Waals surface area contributed by atoms with Crippen molar-refractivity contribution < 1.29 is 4.79 Å². The van der Waals surface area contributed by atoms with Gasteiger partial charge in [0.15, 0.2) is 0 Å². The third kappa shape index (κ3) is 6.10. The molecule has 1 fully saturated rings. The minimum atomic E-state index is 0. The van der Waals surface area contributed by atoms with Gasteiger partial charge in [0, 0.05) is 12.5 Å². The maximum Gasteiger partial charge on any atom is 0.220 e. The van der Waals surface area contributed by atoms with Crippen molar-refractivity contribution >= 4 is 52.3 Å². The van der Waals surface area contributed by atoms with Gasteiger partial charge in [-0.3, -0.25) is 4.79 Å². The first-order chi connectivity index (χ1) is 11.3. The van der Waals surface area contributed by atoms with Crippen LogP contribution in [-0.2, 0) is 11.2 Å². The third-order valence-corrected chi connectivity index (χ3v) is 5.79. The number of amides is 1. The lowest BCUT2D eigenvalue weighted by atomic mass is 9.84. The number of nitrogens with two attached hydrogens (primary N) is 1. The standard InChI is InChI=1S/C18H25N3OS.2ClH/c19-12-13-6-1-2-7-14(13)20-17(22)10-5-11-18-21-15-8-3-4-9-16(15)23-18;;/h3-4,8-9,13-14H,1-2,5-7,10-12,19H2,(H,20,22);2*1H. The lowest BCUT2D eigenvalue weighted by Gasteiger charge is -2.31. The van der Waals surface area contributed by atoms with E-state index in [4.69, 9.17) is 5.73 Å². The molecular formula is C18H27Cl2N3OS. The molecular weight excluding hydrogens is 377 g/mol. The molecule has 2 atom stereocenters. The molecule has 0 aliphatic heterocycles. The Bertz CT molecular complexity index is 632. The van der Waals surface area contributed by atoms with Crippen molar-refractivity contribution in [3.8, 4) is 0 Å². The maximum absolute atomic E-state index is 12.2. The normalized spacial score (nSPS) is 19.7. The summed E-state index contributed by atoms with van der Waals surface area (Å²) in [6, 6.07) is 8.47. The Balaban J connectivity index is 0.00000156. The summed E-state index contributed by atoms with van der Waals surface area (Å²) in [7, 11) is 0. The Hall–Kier alpha value is -0.880. The van der Waals surface area contributed by atoms with E-state index >= 15 is 0 Å². The Morgan fingerprint density at radius 3 is 2.76 bits per heavy atom. The van der Waals surface area contributed by atoms with E-state index in [-0.39, 0.29) is 36.8 Å². The molecule has 1 heterocycles. The van der Waals surface area contributed by atoms with Gasteiger partial charge >= 0.3 is 0 Å². The first-order valence-corrected chi connectivity index (χ1v) is 9.42. The molecule has 7 heteroatoms. The molecule has 1 aromatic carbocycles. The molecule has 0 radical (unpaired) electrons. The van der Waals surface area contributed by atoms with E-state index < -0.39 is 0 Å². The van der Waals surface area contributed by atoms with E-state index in [1.54, 1.807) is 11.3 Å². The Morgan fingerprint density at radius 1 is 1.24 bits per heavy atom. The van der Waals surface area contributed by atoms with Crippen molar-refractivity contribution in [1.29, 1.82) is 0 Å². The molecule has 3 N–H and O–H groups in total. The molecule has 1 aliphatic carbocycles. The van der Waals surface area contributed by atoms with Gasteiger partial charge in [-0.2, -0.15) is 0 Å². The van der Waals surface area contributed by atoms with E-state index in [9.17, 15) is 4.79 Å². The Kier molecular flexibility index (Phi) is 9.72. The van der Waals surface area contributed by atoms with E-state index in [2.05, 4.69) is 16.4 Å². The predicted molar refractivity (Wildman–Crippen MR) is 110 cm³/mol. The second kappa shape index (κ2) is 11.0. The maximum atomic E-state index is 12.2. The average Bonchev–Trinajstić information content (AvgIpc) is 2.98. The van der Waals surface area contributed by atoms with Crippen molar-refractivity contribution in [2.24, 2.45) is 11.7 Å². The summed E-state index contributed by atoms with van der Waals surface area (Å²) >= 11 is 1.73. The quantitative estimate of drug-likeness (QED) is 0.762. The van der Waals surface area contributed by atoms with E-state index in [0.29, 0.717) is 18.9 Å². The molecule has 3 rings (SSSR count). The summed E-state index contributed by atoms with van der Waals surface area (Å²) in [5.74, 6) is 0.619. The minimum Gasteiger partial charge on any atom is -0.353 e. The number of fused-ring (bicyclic) bond motifs is 1. The van der Waals surface area contributed by atoms with Crippen LogP contribution in [0.2, 0.25) is 0 Å². The molecule has 25 heavy (non-hydrogen) atoms. The predicted octanol–water partition coefficient (Wildman–Crippen LogP) is 4.10. The second-order valence-corrected chi connectivity index (χ2v) is 7.50. The molecule has 0 spiro atoms. The summed E-state index contributed by atoms with van der Waals surface area (Å²) in [6.45, 7) is 0.677. The van der Waals surface area contributed by atoms with Crippen LogP contribution >= 0.6 is 36.2 Å². The molecule has 1 aliphatic rings. The zero-order valence-corrected chi connectivity index (χ0v) is 16.7. The van der Waals surface area contributed by atoms with Crippen LogP contribution < -0.4 is 11.1 Å². The number of nitrogens with zero attached hydrogens (tertiary/aromatic N) is 1. The number of benzene rings is 1. The topological polar surface area (TPSA) is 68.0 Å². The zero-order valence-electron chi connectivity index (χ0n) is 14.3. The molecule has 1 aromatic heterocycles. The molecule has 2 unspecified atom stereocenters. The largest absolute Gasteiger partial charge is 0.353 e. The summed E-state index contributed by atoms with van der Waals surface area (Å²) in [5.41, 5.74) is 6.88. The first kappa shape index (κ1) is 22.2. The highest BCUT2D eigenvalue weighted by Crippen LogP contribution is 2.24. The van der Waals surface area contributed by atoms with Gasteiger partial charge in [0.1, 0.15) is 0 Å². The smallest absolute Gasteiger partial charge is 0.220 e. The summed E-state index contributed by atoms with van der Waals surface area (Å²) in [4.78, 5) is 16.8. The van der Waals surface area contributed by atoms with Crippen LogP contribution in [0, 0.1) is 5.92 Å². The fourth-order valence-electron chi connectivity index (χ4n) is 3.39. The van der Waals surface area contributed by atoms with Crippen molar-refractivity contribution in [3.05, 3.63) is 29.3 Å². The van der Waals surface area contributed by atoms with Gasteiger partial charge in [-0.25, -0.2) is 4.98 Å². The van der Waals surface area contributed by atoms with Crippen molar-refractivity contribution in [3.63, 3.8) is 0 Å². The van der Waals surface area contributed by atoms with Crippen molar-refractivity contribution in [1.82, 2.24) is 10.3 Å². The van der Waals surface area contributed by atoms with Crippen LogP contribution in [0.4, 0.5) is 0 Å². The summed E-state index contributed by atoms with van der Waals surface area (Å²) in [6.07, 6.45) is 6.96. The lowest BCUT2D eigenvalue weighted by molar-refractivity contribution is -0.122. The minimum absolute atomic E-state index is 0. The van der Waals surface area contributed by atoms with Crippen LogP contribution in [-0.4, -0.2) is 23.5 Å². The number of aryl methyl sites for hydroxylation is 1. The number of rotatable bonds is 6. The molecule has 0 bridgehead atoms. The van der Waals surface area contributed by atoms with Crippen LogP contribution in [0.15, 0.2) is 24.3 Å². The SMILES string of the molecule is Cl.Cl.NCC1CCCCC1NC(=O)CCCc1nc2ccccc2s1. The van der Waals surface area contributed by atoms with Crippen LogP contribution in [0.1, 0.15) is 43.5 Å². The van der Waals surface area contributed by atoms with Gasteiger partial charge < -0.3 is 11.1 Å². The van der Waals surface area contributed by atoms with Crippen molar-refractivity contribution in [2.45, 2.75) is 51.0 Å². The van der Waals surface area contributed by atoms with Gasteiger partial charge in [-0.15, -0.1) is 36.2 Å². The molecule has 0 saturated heterocycles. The number of para-hydroxylation sites is 1. The van der Waals surface area contributed by atoms with E-state index in [0.717, 1.165) is 36.2 Å².